The molecule has 0 spiro atoms. The van der Waals surface area contributed by atoms with Gasteiger partial charge in [-0.15, -0.1) is 0 Å². The van der Waals surface area contributed by atoms with Crippen molar-refractivity contribution in [3.63, 3.8) is 0 Å². The lowest BCUT2D eigenvalue weighted by Crippen LogP contribution is -2.38. The third kappa shape index (κ3) is 5.24. The number of aromatic nitrogens is 3. The quantitative estimate of drug-likeness (QED) is 0.354. The van der Waals surface area contributed by atoms with Crippen molar-refractivity contribution in [1.29, 1.82) is 0 Å². The Labute approximate surface area is 232 Å². The van der Waals surface area contributed by atoms with E-state index in [1.165, 1.54) is 6.20 Å². The molecule has 1 aromatic carbocycles. The van der Waals surface area contributed by atoms with Gasteiger partial charge in [0.05, 0.1) is 29.3 Å². The summed E-state index contributed by atoms with van der Waals surface area (Å²) in [5.74, 6) is -0.778. The van der Waals surface area contributed by atoms with Gasteiger partial charge in [-0.3, -0.25) is 14.6 Å². The fraction of sp³-hybridized carbons (Fsp3) is 0.333. The van der Waals surface area contributed by atoms with Crippen molar-refractivity contribution in [2.75, 3.05) is 11.9 Å². The van der Waals surface area contributed by atoms with E-state index >= 15 is 0 Å². The Morgan fingerprint density at radius 1 is 1.18 bits per heavy atom. The van der Waals surface area contributed by atoms with Gasteiger partial charge in [0.15, 0.2) is 0 Å². The molecule has 0 unspecified atom stereocenters. The number of fused-ring (bicyclic) bond motifs is 4. The Bertz CT molecular complexity index is 1430. The molecular weight excluding hydrogens is 580 g/mol. The summed E-state index contributed by atoms with van der Waals surface area (Å²) in [7, 11) is 0. The Morgan fingerprint density at radius 3 is 2.76 bits per heavy atom. The second-order valence-corrected chi connectivity index (χ2v) is 10.8. The maximum Gasteiger partial charge on any atom is 0.333 e. The summed E-state index contributed by atoms with van der Waals surface area (Å²) in [6.45, 7) is -0.642. The fourth-order valence-corrected chi connectivity index (χ4v) is 5.73. The number of anilines is 1. The summed E-state index contributed by atoms with van der Waals surface area (Å²) < 4.78 is 29.1. The average molecular weight is 605 g/mol. The molecule has 1 N–H and O–H groups in total. The first-order chi connectivity index (χ1) is 18.2. The Kier molecular flexibility index (Phi) is 7.63. The molecule has 0 saturated heterocycles. The Morgan fingerprint density at radius 2 is 2.00 bits per heavy atom. The summed E-state index contributed by atoms with van der Waals surface area (Å²) in [5, 5.41) is 7.16. The monoisotopic (exact) mass is 603 g/mol. The number of hydrogen-bond acceptors (Lipinski definition) is 4. The number of amides is 2. The lowest BCUT2D eigenvalue weighted by molar-refractivity contribution is -0.129. The summed E-state index contributed by atoms with van der Waals surface area (Å²) in [6.07, 6.45) is 6.84. The predicted molar refractivity (Wildman–Crippen MR) is 145 cm³/mol. The molecule has 2 aromatic heterocycles. The van der Waals surface area contributed by atoms with Crippen LogP contribution in [0.2, 0.25) is 5.02 Å². The molecule has 2 aliphatic rings. The van der Waals surface area contributed by atoms with Crippen molar-refractivity contribution in [2.45, 2.75) is 45.2 Å². The summed E-state index contributed by atoms with van der Waals surface area (Å²) in [6, 6.07) is 8.40. The molecule has 11 heteroatoms. The summed E-state index contributed by atoms with van der Waals surface area (Å²) in [5.41, 5.74) is 3.10. The number of benzene rings is 1. The van der Waals surface area contributed by atoms with Gasteiger partial charge in [-0.2, -0.15) is 13.9 Å². The van der Waals surface area contributed by atoms with Gasteiger partial charge in [0.2, 0.25) is 11.8 Å². The van der Waals surface area contributed by atoms with Crippen molar-refractivity contribution in [2.24, 2.45) is 5.92 Å². The van der Waals surface area contributed by atoms with Crippen molar-refractivity contribution in [3.05, 3.63) is 69.6 Å². The second kappa shape index (κ2) is 10.9. The molecule has 0 radical (unpaired) electrons. The number of carbonyl (C=O) groups is 2. The van der Waals surface area contributed by atoms with E-state index in [0.717, 1.165) is 15.6 Å². The van der Waals surface area contributed by atoms with E-state index in [2.05, 4.69) is 31.3 Å². The van der Waals surface area contributed by atoms with Gasteiger partial charge >= 0.3 is 6.55 Å². The highest BCUT2D eigenvalue weighted by Crippen LogP contribution is 2.38. The smallest absolute Gasteiger partial charge is 0.330 e. The van der Waals surface area contributed by atoms with E-state index in [9.17, 15) is 18.4 Å². The van der Waals surface area contributed by atoms with Gasteiger partial charge in [0.1, 0.15) is 0 Å². The zero-order valence-electron chi connectivity index (χ0n) is 20.5. The zero-order chi connectivity index (χ0) is 27.0. The van der Waals surface area contributed by atoms with Gasteiger partial charge in [0, 0.05) is 39.8 Å². The van der Waals surface area contributed by atoms with Crippen molar-refractivity contribution in [1.82, 2.24) is 19.7 Å². The molecule has 2 atom stereocenters. The van der Waals surface area contributed by atoms with Crippen LogP contribution in [-0.2, 0) is 9.59 Å². The van der Waals surface area contributed by atoms with Crippen LogP contribution in [0.4, 0.5) is 14.5 Å². The standard InChI is InChI=1S/C27H25BrClF2N5O2/c1-15-3-2-4-23(35-10-8-16(12-24(35)37)19-13-18(29)5-6-20(19)28)21-11-17(7-9-32-21)25-22(34-26(15)38)14-33-36(25)27(30)31/h5-7,9,11-15,23,27H,2-4,8,10H2,1H3,(H,34,38)/t15-,23+/m1/s1. The number of halogens is 4. The normalized spacial score (nSPS) is 20.4. The van der Waals surface area contributed by atoms with Crippen LogP contribution >= 0.6 is 27.5 Å². The minimum absolute atomic E-state index is 0.0986. The average Bonchev–Trinajstić information content (AvgIpc) is 3.31. The molecule has 4 heterocycles. The van der Waals surface area contributed by atoms with Crippen LogP contribution in [0.1, 0.15) is 56.5 Å². The SMILES string of the molecule is C[C@@H]1CCC[C@H](N2CCC(c3cc(Cl)ccc3Br)=CC2=O)c2cc(ccn2)-c2c(cnn2C(F)F)NC1=O. The highest BCUT2D eigenvalue weighted by Gasteiger charge is 2.31. The van der Waals surface area contributed by atoms with E-state index in [-0.39, 0.29) is 35.2 Å². The number of pyridine rings is 1. The molecular formula is C27H25BrClF2N5O2. The maximum absolute atomic E-state index is 13.8. The topological polar surface area (TPSA) is 80.1 Å². The van der Waals surface area contributed by atoms with Gasteiger partial charge in [-0.25, -0.2) is 4.68 Å². The second-order valence-electron chi connectivity index (χ2n) is 9.51. The van der Waals surface area contributed by atoms with Crippen molar-refractivity contribution in [3.8, 4) is 11.3 Å². The van der Waals surface area contributed by atoms with E-state index in [1.54, 1.807) is 42.3 Å². The highest BCUT2D eigenvalue weighted by atomic mass is 79.9. The zero-order valence-corrected chi connectivity index (χ0v) is 22.8. The number of hydrogen-bond donors (Lipinski definition) is 1. The molecule has 2 bridgehead atoms. The van der Waals surface area contributed by atoms with E-state index in [0.29, 0.717) is 53.2 Å². The number of nitrogens with one attached hydrogen (secondary N) is 1. The van der Waals surface area contributed by atoms with Gasteiger partial charge < -0.3 is 10.2 Å². The largest absolute Gasteiger partial charge is 0.333 e. The minimum Gasteiger partial charge on any atom is -0.330 e. The molecule has 0 aliphatic carbocycles. The minimum atomic E-state index is -2.90. The fourth-order valence-electron chi connectivity index (χ4n) is 5.06. The molecule has 198 valence electrons. The third-order valence-electron chi connectivity index (χ3n) is 7.05. The summed E-state index contributed by atoms with van der Waals surface area (Å²) >= 11 is 9.74. The van der Waals surface area contributed by atoms with E-state index in [4.69, 9.17) is 11.6 Å². The lowest BCUT2D eigenvalue weighted by Gasteiger charge is -2.34. The number of rotatable bonds is 3. The van der Waals surface area contributed by atoms with Crippen LogP contribution in [0.25, 0.3) is 16.8 Å². The summed E-state index contributed by atoms with van der Waals surface area (Å²) in [4.78, 5) is 32.6. The van der Waals surface area contributed by atoms with Gasteiger partial charge in [-0.05, 0) is 60.7 Å². The first-order valence-electron chi connectivity index (χ1n) is 12.3. The Balaban J connectivity index is 1.54. The Hall–Kier alpha value is -3.11. The molecule has 3 aromatic rings. The molecule has 0 saturated carbocycles. The molecule has 5 rings (SSSR count). The van der Waals surface area contributed by atoms with Crippen LogP contribution in [0.3, 0.4) is 0 Å². The first-order valence-corrected chi connectivity index (χ1v) is 13.5. The molecule has 2 aliphatic heterocycles. The number of nitrogens with zero attached hydrogens (tertiary/aromatic N) is 4. The van der Waals surface area contributed by atoms with Crippen molar-refractivity contribution < 1.29 is 18.4 Å². The van der Waals surface area contributed by atoms with Crippen LogP contribution in [-0.4, -0.2) is 38.0 Å². The molecule has 2 amide bonds. The molecule has 0 fully saturated rings. The molecule has 38 heavy (non-hydrogen) atoms. The van der Waals surface area contributed by atoms with Crippen LogP contribution < -0.4 is 5.32 Å². The van der Waals surface area contributed by atoms with Gasteiger partial charge in [-0.1, -0.05) is 40.9 Å². The maximum atomic E-state index is 13.8. The first kappa shape index (κ1) is 26.5. The van der Waals surface area contributed by atoms with Gasteiger partial charge in [0.25, 0.3) is 0 Å². The number of alkyl halides is 2. The highest BCUT2D eigenvalue weighted by molar-refractivity contribution is 9.10. The number of carbonyl (C=O) groups excluding carboxylic acids is 2. The van der Waals surface area contributed by atoms with E-state index < -0.39 is 6.55 Å². The third-order valence-corrected chi connectivity index (χ3v) is 7.98. The van der Waals surface area contributed by atoms with Crippen LogP contribution in [0, 0.1) is 5.92 Å². The predicted octanol–water partition coefficient (Wildman–Crippen LogP) is 6.87. The van der Waals surface area contributed by atoms with E-state index in [1.807, 2.05) is 12.1 Å². The van der Waals surface area contributed by atoms with Crippen LogP contribution in [0.5, 0.6) is 0 Å². The lowest BCUT2D eigenvalue weighted by atomic mass is 9.93. The molecule has 7 nitrogen and oxygen atoms in total. The van der Waals surface area contributed by atoms with Crippen molar-refractivity contribution >= 4 is 50.6 Å². The van der Waals surface area contributed by atoms with Crippen LogP contribution in [0.15, 0.2) is 53.3 Å².